The summed E-state index contributed by atoms with van der Waals surface area (Å²) in [6.07, 6.45) is 2.00. The summed E-state index contributed by atoms with van der Waals surface area (Å²) in [6.45, 7) is 3.87. The van der Waals surface area contributed by atoms with E-state index in [-0.39, 0.29) is 17.6 Å². The van der Waals surface area contributed by atoms with Crippen molar-refractivity contribution in [2.24, 2.45) is 5.92 Å². The van der Waals surface area contributed by atoms with Crippen LogP contribution >= 0.6 is 11.8 Å². The number of carbonyl (C=O) groups excluding carboxylic acids is 1. The number of para-hydroxylation sites is 2. The van der Waals surface area contributed by atoms with Crippen molar-refractivity contribution in [3.8, 4) is 11.8 Å². The molecule has 1 unspecified atom stereocenters. The lowest BCUT2D eigenvalue weighted by molar-refractivity contribution is -0.119. The fraction of sp³-hybridized carbons (Fsp3) is 0.318. The van der Waals surface area contributed by atoms with E-state index >= 15 is 0 Å². The van der Waals surface area contributed by atoms with Gasteiger partial charge in [-0.15, -0.1) is 0 Å². The zero-order valence-electron chi connectivity index (χ0n) is 16.0. The standard InChI is InChI=1S/C22H22N4OS/c1-15-7-11-17(12-8-15)26-19-6-4-3-5-18(19)24-21(26)28-13-20(27)25-22(2,14-23)16-9-10-16/h3-8,11-12,16H,9-10,13H2,1-2H3,(H,25,27). The van der Waals surface area contributed by atoms with E-state index < -0.39 is 5.54 Å². The van der Waals surface area contributed by atoms with Crippen molar-refractivity contribution in [1.82, 2.24) is 14.9 Å². The van der Waals surface area contributed by atoms with Crippen LogP contribution in [0.5, 0.6) is 0 Å². The molecule has 0 radical (unpaired) electrons. The minimum atomic E-state index is -0.769. The number of benzene rings is 2. The zero-order valence-corrected chi connectivity index (χ0v) is 16.8. The van der Waals surface area contributed by atoms with Gasteiger partial charge in [-0.3, -0.25) is 9.36 Å². The molecule has 1 saturated carbocycles. The summed E-state index contributed by atoms with van der Waals surface area (Å²) in [5, 5.41) is 13.1. The molecule has 0 saturated heterocycles. The number of nitrogens with zero attached hydrogens (tertiary/aromatic N) is 3. The van der Waals surface area contributed by atoms with E-state index in [2.05, 4.69) is 47.1 Å². The SMILES string of the molecule is Cc1ccc(-n2c(SCC(=O)NC(C)(C#N)C3CC3)nc3ccccc32)cc1. The Balaban J connectivity index is 1.58. The van der Waals surface area contributed by atoms with Crippen LogP contribution in [0.15, 0.2) is 53.7 Å². The molecule has 1 amide bonds. The zero-order chi connectivity index (χ0) is 19.7. The molecule has 1 aliphatic rings. The number of nitrogens with one attached hydrogen (secondary N) is 1. The van der Waals surface area contributed by atoms with Gasteiger partial charge >= 0.3 is 0 Å². The molecule has 4 rings (SSSR count). The molecule has 0 spiro atoms. The minimum Gasteiger partial charge on any atom is -0.337 e. The van der Waals surface area contributed by atoms with E-state index in [1.807, 2.05) is 31.2 Å². The maximum Gasteiger partial charge on any atom is 0.231 e. The average molecular weight is 391 g/mol. The molecule has 1 heterocycles. The Morgan fingerprint density at radius 1 is 1.29 bits per heavy atom. The number of hydrogen-bond acceptors (Lipinski definition) is 4. The van der Waals surface area contributed by atoms with E-state index in [0.717, 1.165) is 34.7 Å². The fourth-order valence-electron chi connectivity index (χ4n) is 3.38. The Bertz CT molecular complexity index is 1060. The maximum atomic E-state index is 12.5. The van der Waals surface area contributed by atoms with Crippen molar-refractivity contribution in [2.45, 2.75) is 37.4 Å². The van der Waals surface area contributed by atoms with Gasteiger partial charge in [-0.2, -0.15) is 5.26 Å². The van der Waals surface area contributed by atoms with Crippen molar-refractivity contribution >= 4 is 28.7 Å². The first-order chi connectivity index (χ1) is 13.5. The van der Waals surface area contributed by atoms with E-state index in [4.69, 9.17) is 4.98 Å². The lowest BCUT2D eigenvalue weighted by atomic mass is 9.98. The van der Waals surface area contributed by atoms with Gasteiger partial charge in [-0.05, 0) is 56.9 Å². The molecule has 6 heteroatoms. The number of thioether (sulfide) groups is 1. The highest BCUT2D eigenvalue weighted by Crippen LogP contribution is 2.39. The predicted molar refractivity (Wildman–Crippen MR) is 111 cm³/mol. The lowest BCUT2D eigenvalue weighted by Gasteiger charge is -2.22. The van der Waals surface area contributed by atoms with Gasteiger partial charge in [0, 0.05) is 5.69 Å². The number of carbonyl (C=O) groups is 1. The van der Waals surface area contributed by atoms with E-state index in [0.29, 0.717) is 0 Å². The minimum absolute atomic E-state index is 0.136. The van der Waals surface area contributed by atoms with Gasteiger partial charge in [0.25, 0.3) is 0 Å². The molecule has 3 aromatic rings. The van der Waals surface area contributed by atoms with E-state index in [1.54, 1.807) is 0 Å². The largest absolute Gasteiger partial charge is 0.337 e. The number of amides is 1. The number of aromatic nitrogens is 2. The molecule has 5 nitrogen and oxygen atoms in total. The Hall–Kier alpha value is -2.78. The molecule has 1 aromatic heterocycles. The Labute approximate surface area is 168 Å². The highest BCUT2D eigenvalue weighted by atomic mass is 32.2. The second-order valence-electron chi connectivity index (χ2n) is 7.48. The van der Waals surface area contributed by atoms with Gasteiger partial charge < -0.3 is 5.32 Å². The molecule has 2 aromatic carbocycles. The maximum absolute atomic E-state index is 12.5. The van der Waals surface area contributed by atoms with Crippen LogP contribution in [-0.2, 0) is 4.79 Å². The summed E-state index contributed by atoms with van der Waals surface area (Å²) in [5.74, 6) is 0.353. The van der Waals surface area contributed by atoms with Crippen LogP contribution in [-0.4, -0.2) is 26.8 Å². The summed E-state index contributed by atoms with van der Waals surface area (Å²) in [6, 6.07) is 18.5. The Kier molecular flexibility index (Phi) is 4.86. The van der Waals surface area contributed by atoms with Crippen molar-refractivity contribution in [3.63, 3.8) is 0 Å². The van der Waals surface area contributed by atoms with Crippen molar-refractivity contribution in [3.05, 3.63) is 54.1 Å². The quantitative estimate of drug-likeness (QED) is 0.639. The summed E-state index contributed by atoms with van der Waals surface area (Å²) in [7, 11) is 0. The lowest BCUT2D eigenvalue weighted by Crippen LogP contribution is -2.47. The molecule has 0 aliphatic heterocycles. The van der Waals surface area contributed by atoms with Gasteiger partial charge in [-0.1, -0.05) is 41.6 Å². The van der Waals surface area contributed by atoms with Crippen molar-refractivity contribution in [2.75, 3.05) is 5.75 Å². The number of nitriles is 1. The number of aryl methyl sites for hydroxylation is 1. The second kappa shape index (κ2) is 7.33. The van der Waals surface area contributed by atoms with Gasteiger partial charge in [0.05, 0.1) is 22.9 Å². The molecular weight excluding hydrogens is 368 g/mol. The Morgan fingerprint density at radius 3 is 2.68 bits per heavy atom. The summed E-state index contributed by atoms with van der Waals surface area (Å²) < 4.78 is 2.08. The molecule has 1 atom stereocenters. The van der Waals surface area contributed by atoms with Gasteiger partial charge in [-0.25, -0.2) is 4.98 Å². The fourth-order valence-corrected chi connectivity index (χ4v) is 4.21. The monoisotopic (exact) mass is 390 g/mol. The number of hydrogen-bond donors (Lipinski definition) is 1. The third-order valence-corrected chi connectivity index (χ3v) is 6.12. The highest BCUT2D eigenvalue weighted by molar-refractivity contribution is 7.99. The predicted octanol–water partition coefficient (Wildman–Crippen LogP) is 4.23. The molecule has 28 heavy (non-hydrogen) atoms. The Morgan fingerprint density at radius 2 is 2.00 bits per heavy atom. The molecule has 142 valence electrons. The first-order valence-electron chi connectivity index (χ1n) is 9.40. The molecule has 1 fully saturated rings. The van der Waals surface area contributed by atoms with Gasteiger partial charge in [0.15, 0.2) is 5.16 Å². The van der Waals surface area contributed by atoms with E-state index in [9.17, 15) is 10.1 Å². The summed E-state index contributed by atoms with van der Waals surface area (Å²) in [4.78, 5) is 17.2. The second-order valence-corrected chi connectivity index (χ2v) is 8.42. The first kappa shape index (κ1) is 18.6. The van der Waals surface area contributed by atoms with Crippen molar-refractivity contribution in [1.29, 1.82) is 5.26 Å². The van der Waals surface area contributed by atoms with Gasteiger partial charge in [0.2, 0.25) is 5.91 Å². The number of fused-ring (bicyclic) bond motifs is 1. The summed E-state index contributed by atoms with van der Waals surface area (Å²) >= 11 is 1.39. The van der Waals surface area contributed by atoms with Crippen LogP contribution in [0, 0.1) is 24.2 Å². The van der Waals surface area contributed by atoms with Gasteiger partial charge in [0.1, 0.15) is 5.54 Å². The van der Waals surface area contributed by atoms with Crippen LogP contribution in [0.2, 0.25) is 0 Å². The number of rotatable bonds is 6. The number of imidazole rings is 1. The normalized spacial score (nSPS) is 15.8. The van der Waals surface area contributed by atoms with Crippen LogP contribution in [0.25, 0.3) is 16.7 Å². The topological polar surface area (TPSA) is 70.7 Å². The van der Waals surface area contributed by atoms with Crippen LogP contribution in [0.1, 0.15) is 25.3 Å². The average Bonchev–Trinajstić information content (AvgIpc) is 3.49. The third-order valence-electron chi connectivity index (χ3n) is 5.18. The smallest absolute Gasteiger partial charge is 0.231 e. The van der Waals surface area contributed by atoms with Crippen LogP contribution in [0.3, 0.4) is 0 Å². The molecule has 0 bridgehead atoms. The highest BCUT2D eigenvalue weighted by Gasteiger charge is 2.42. The first-order valence-corrected chi connectivity index (χ1v) is 10.4. The van der Waals surface area contributed by atoms with Crippen LogP contribution in [0.4, 0.5) is 0 Å². The molecule has 1 N–H and O–H groups in total. The van der Waals surface area contributed by atoms with Crippen LogP contribution < -0.4 is 5.32 Å². The summed E-state index contributed by atoms with van der Waals surface area (Å²) in [5.41, 5.74) is 3.34. The van der Waals surface area contributed by atoms with Crippen molar-refractivity contribution < 1.29 is 4.79 Å². The third kappa shape index (κ3) is 3.63. The molecule has 1 aliphatic carbocycles. The molecular formula is C22H22N4OS. The van der Waals surface area contributed by atoms with E-state index in [1.165, 1.54) is 17.3 Å².